The highest BCUT2D eigenvalue weighted by Gasteiger charge is 2.10. The van der Waals surface area contributed by atoms with Crippen LogP contribution in [-0.4, -0.2) is 12.1 Å². The van der Waals surface area contributed by atoms with Crippen molar-refractivity contribution in [2.24, 2.45) is 5.84 Å². The molecular weight excluding hydrogens is 222 g/mol. The number of aromatic nitrogens is 1. The number of methoxy groups -OCH3 is 1. The molecular formula is C11H13N3OS. The first-order chi connectivity index (χ1) is 7.74. The number of nitrogens with two attached hydrogens (primary N) is 1. The van der Waals surface area contributed by atoms with Crippen molar-refractivity contribution >= 4 is 17.2 Å². The monoisotopic (exact) mass is 235 g/mol. The predicted octanol–water partition coefficient (Wildman–Crippen LogP) is 2.41. The number of aryl methyl sites for hydroxylation is 1. The molecule has 3 N–H and O–H groups in total. The minimum atomic E-state index is 0.670. The second-order valence-corrected chi connectivity index (χ2v) is 4.24. The van der Waals surface area contributed by atoms with Gasteiger partial charge in [0.2, 0.25) is 0 Å². The third kappa shape index (κ3) is 2.00. The molecule has 1 heterocycles. The average molecular weight is 235 g/mol. The Kier molecular flexibility index (Phi) is 3.07. The Labute approximate surface area is 98.1 Å². The van der Waals surface area contributed by atoms with Crippen molar-refractivity contribution in [2.45, 2.75) is 6.92 Å². The number of nitrogen functional groups attached to an aromatic ring is 1. The molecule has 4 nitrogen and oxygen atoms in total. The summed E-state index contributed by atoms with van der Waals surface area (Å²) < 4.78 is 5.31. The lowest BCUT2D eigenvalue weighted by molar-refractivity contribution is 0.416. The number of ether oxygens (including phenoxy) is 1. The lowest BCUT2D eigenvalue weighted by Crippen LogP contribution is -2.06. The maximum Gasteiger partial charge on any atom is 0.151 e. The zero-order valence-electron chi connectivity index (χ0n) is 9.15. The van der Waals surface area contributed by atoms with Gasteiger partial charge >= 0.3 is 0 Å². The van der Waals surface area contributed by atoms with E-state index in [0.29, 0.717) is 5.82 Å². The van der Waals surface area contributed by atoms with Gasteiger partial charge in [-0.3, -0.25) is 0 Å². The van der Waals surface area contributed by atoms with Gasteiger partial charge in [0.05, 0.1) is 12.7 Å². The molecule has 0 saturated carbocycles. The van der Waals surface area contributed by atoms with Crippen LogP contribution < -0.4 is 16.0 Å². The number of rotatable bonds is 3. The van der Waals surface area contributed by atoms with Crippen LogP contribution in [0.5, 0.6) is 5.75 Å². The third-order valence-corrected chi connectivity index (χ3v) is 3.11. The maximum atomic E-state index is 5.31. The van der Waals surface area contributed by atoms with Gasteiger partial charge in [-0.2, -0.15) is 0 Å². The van der Waals surface area contributed by atoms with Gasteiger partial charge in [0.25, 0.3) is 0 Å². The van der Waals surface area contributed by atoms with Gasteiger partial charge in [-0.05, 0) is 19.1 Å². The first kappa shape index (κ1) is 10.9. The molecule has 2 rings (SSSR count). The van der Waals surface area contributed by atoms with Gasteiger partial charge in [-0.25, -0.2) is 10.8 Å². The summed E-state index contributed by atoms with van der Waals surface area (Å²) in [5, 5.41) is 2.77. The molecule has 0 fully saturated rings. The Morgan fingerprint density at radius 3 is 2.88 bits per heavy atom. The van der Waals surface area contributed by atoms with E-state index in [9.17, 15) is 0 Å². The van der Waals surface area contributed by atoms with Crippen LogP contribution in [0.2, 0.25) is 0 Å². The van der Waals surface area contributed by atoms with Crippen molar-refractivity contribution in [3.8, 4) is 16.3 Å². The summed E-state index contributed by atoms with van der Waals surface area (Å²) in [7, 11) is 1.66. The lowest BCUT2D eigenvalue weighted by atomic mass is 10.1. The Hall–Kier alpha value is -1.59. The molecule has 16 heavy (non-hydrogen) atoms. The van der Waals surface area contributed by atoms with E-state index < -0.39 is 0 Å². The Morgan fingerprint density at radius 2 is 2.25 bits per heavy atom. The topological polar surface area (TPSA) is 60.2 Å². The van der Waals surface area contributed by atoms with E-state index >= 15 is 0 Å². The van der Waals surface area contributed by atoms with E-state index in [-0.39, 0.29) is 0 Å². The molecule has 0 aliphatic heterocycles. The van der Waals surface area contributed by atoms with E-state index in [2.05, 4.69) is 16.5 Å². The zero-order chi connectivity index (χ0) is 11.5. The maximum absolute atomic E-state index is 5.31. The van der Waals surface area contributed by atoms with Crippen molar-refractivity contribution < 1.29 is 4.74 Å². The van der Waals surface area contributed by atoms with E-state index in [4.69, 9.17) is 10.6 Å². The highest BCUT2D eigenvalue weighted by atomic mass is 32.1. The fourth-order valence-electron chi connectivity index (χ4n) is 1.45. The highest BCUT2D eigenvalue weighted by molar-refractivity contribution is 7.13. The number of benzene rings is 1. The molecule has 0 unspecified atom stereocenters. The van der Waals surface area contributed by atoms with Crippen molar-refractivity contribution in [3.05, 3.63) is 29.1 Å². The second kappa shape index (κ2) is 4.51. The van der Waals surface area contributed by atoms with E-state index in [1.807, 2.05) is 24.4 Å². The molecule has 0 bridgehead atoms. The van der Waals surface area contributed by atoms with Gasteiger partial charge in [0, 0.05) is 5.38 Å². The molecule has 0 amide bonds. The molecule has 0 aliphatic carbocycles. The minimum absolute atomic E-state index is 0.670. The Morgan fingerprint density at radius 1 is 1.44 bits per heavy atom. The summed E-state index contributed by atoms with van der Waals surface area (Å²) >= 11 is 1.53. The molecule has 2 aromatic rings. The van der Waals surface area contributed by atoms with E-state index in [0.717, 1.165) is 16.3 Å². The summed E-state index contributed by atoms with van der Waals surface area (Å²) in [4.78, 5) is 4.35. The smallest absolute Gasteiger partial charge is 0.151 e. The van der Waals surface area contributed by atoms with Crippen LogP contribution in [0.3, 0.4) is 0 Å². The number of nitrogens with one attached hydrogen (secondary N) is 1. The fraction of sp³-hybridized carbons (Fsp3) is 0.182. The number of hydrogen-bond acceptors (Lipinski definition) is 5. The van der Waals surface area contributed by atoms with E-state index in [1.165, 1.54) is 16.9 Å². The van der Waals surface area contributed by atoms with Gasteiger partial charge in [-0.1, -0.05) is 11.6 Å². The second-order valence-electron chi connectivity index (χ2n) is 3.39. The van der Waals surface area contributed by atoms with Crippen LogP contribution in [0, 0.1) is 6.92 Å². The SMILES string of the molecule is COc1ccc(C)cc1-c1nc(NN)cs1. The number of hydrogen-bond donors (Lipinski definition) is 2. The van der Waals surface area contributed by atoms with Crippen LogP contribution in [0.4, 0.5) is 5.82 Å². The van der Waals surface area contributed by atoms with Gasteiger partial charge in [0.15, 0.2) is 5.82 Å². The fourth-order valence-corrected chi connectivity index (χ4v) is 2.23. The molecule has 1 aromatic carbocycles. The first-order valence-electron chi connectivity index (χ1n) is 4.81. The molecule has 0 radical (unpaired) electrons. The molecule has 0 atom stereocenters. The minimum Gasteiger partial charge on any atom is -0.496 e. The Balaban J connectivity index is 2.49. The molecule has 0 spiro atoms. The first-order valence-corrected chi connectivity index (χ1v) is 5.69. The predicted molar refractivity (Wildman–Crippen MR) is 66.6 cm³/mol. The highest BCUT2D eigenvalue weighted by Crippen LogP contribution is 2.33. The van der Waals surface area contributed by atoms with E-state index in [1.54, 1.807) is 7.11 Å². The van der Waals surface area contributed by atoms with Crippen molar-refractivity contribution in [2.75, 3.05) is 12.5 Å². The van der Waals surface area contributed by atoms with Crippen molar-refractivity contribution in [3.63, 3.8) is 0 Å². The van der Waals surface area contributed by atoms with Crippen molar-refractivity contribution in [1.29, 1.82) is 0 Å². The number of thiazole rings is 1. The number of hydrazine groups is 1. The molecule has 0 aliphatic rings. The summed E-state index contributed by atoms with van der Waals surface area (Å²) in [6, 6.07) is 6.01. The molecule has 5 heteroatoms. The summed E-state index contributed by atoms with van der Waals surface area (Å²) in [5.41, 5.74) is 4.70. The normalized spacial score (nSPS) is 10.2. The van der Waals surface area contributed by atoms with Gasteiger partial charge in [0.1, 0.15) is 10.8 Å². The summed E-state index contributed by atoms with van der Waals surface area (Å²) in [6.07, 6.45) is 0. The largest absolute Gasteiger partial charge is 0.496 e. The van der Waals surface area contributed by atoms with Crippen LogP contribution in [0.25, 0.3) is 10.6 Å². The van der Waals surface area contributed by atoms with Crippen molar-refractivity contribution in [1.82, 2.24) is 4.98 Å². The third-order valence-electron chi connectivity index (χ3n) is 2.24. The quantitative estimate of drug-likeness (QED) is 0.633. The number of anilines is 1. The molecule has 84 valence electrons. The lowest BCUT2D eigenvalue weighted by Gasteiger charge is -2.06. The van der Waals surface area contributed by atoms with Gasteiger partial charge in [-0.15, -0.1) is 11.3 Å². The molecule has 0 saturated heterocycles. The van der Waals surface area contributed by atoms with Crippen LogP contribution in [0.1, 0.15) is 5.56 Å². The van der Waals surface area contributed by atoms with Crippen LogP contribution in [0.15, 0.2) is 23.6 Å². The zero-order valence-corrected chi connectivity index (χ0v) is 9.97. The summed E-state index contributed by atoms with van der Waals surface area (Å²) in [5.74, 6) is 6.80. The van der Waals surface area contributed by atoms with Crippen LogP contribution in [-0.2, 0) is 0 Å². The summed E-state index contributed by atoms with van der Waals surface area (Å²) in [6.45, 7) is 2.04. The Bertz CT molecular complexity index is 496. The molecule has 1 aromatic heterocycles. The number of nitrogens with zero attached hydrogens (tertiary/aromatic N) is 1. The average Bonchev–Trinajstić information content (AvgIpc) is 2.77. The standard InChI is InChI=1S/C11H13N3OS/c1-7-3-4-9(15-2)8(5-7)11-13-10(14-12)6-16-11/h3-6,14H,12H2,1-2H3. The van der Waals surface area contributed by atoms with Gasteiger partial charge < -0.3 is 10.2 Å². The van der Waals surface area contributed by atoms with Crippen LogP contribution >= 0.6 is 11.3 Å².